The Kier molecular flexibility index (Phi) is 14.9. The van der Waals surface area contributed by atoms with E-state index in [1.54, 1.807) is 0 Å². The molecule has 0 aromatic carbocycles. The average Bonchev–Trinajstić information content (AvgIpc) is 3.05. The summed E-state index contributed by atoms with van der Waals surface area (Å²) in [6, 6.07) is -4.32. The molecule has 15 atom stereocenters. The highest BCUT2D eigenvalue weighted by Gasteiger charge is 2.52. The van der Waals surface area contributed by atoms with Crippen molar-refractivity contribution in [2.45, 2.75) is 111 Å². The van der Waals surface area contributed by atoms with Crippen molar-refractivity contribution < 1.29 is 74.1 Å². The van der Waals surface area contributed by atoms with Crippen molar-refractivity contribution in [3.05, 3.63) is 10.4 Å². The van der Waals surface area contributed by atoms with E-state index in [4.69, 9.17) is 41.4 Å². The maximum atomic E-state index is 12.7. The Labute approximate surface area is 268 Å². The van der Waals surface area contributed by atoms with E-state index >= 15 is 0 Å². The van der Waals surface area contributed by atoms with Gasteiger partial charge in [0.15, 0.2) is 18.9 Å². The van der Waals surface area contributed by atoms with Gasteiger partial charge >= 0.3 is 0 Å². The monoisotopic (exact) mass is 678 g/mol. The number of nitrogens with one attached hydrogen (secondary N) is 2. The lowest BCUT2D eigenvalue weighted by Crippen LogP contribution is -2.69. The molecule has 0 aromatic heterocycles. The molecule has 3 aliphatic heterocycles. The van der Waals surface area contributed by atoms with E-state index in [-0.39, 0.29) is 25.8 Å². The SMILES string of the molecule is C#CCCC(=O)N[C@H]1C(OCC2O[C@@H](O)C(N)[C@@H](O)[C@@H]2O)OC(CO)[C@H](O[C@@H]2OC(CO)[C@@H](O)C(O)C2NC(=O)CCN=[N+]=[N-])C1O. The summed E-state index contributed by atoms with van der Waals surface area (Å²) in [7, 11) is 0. The number of aliphatic hydroxyl groups is 8. The van der Waals surface area contributed by atoms with Crippen molar-refractivity contribution in [3.63, 3.8) is 0 Å². The molecule has 0 spiro atoms. The van der Waals surface area contributed by atoms with Crippen LogP contribution in [-0.2, 0) is 33.3 Å². The highest BCUT2D eigenvalue weighted by atomic mass is 16.7. The number of hydrogen-bond acceptors (Lipinski definition) is 17. The molecule has 0 bridgehead atoms. The van der Waals surface area contributed by atoms with Crippen molar-refractivity contribution in [1.29, 1.82) is 0 Å². The number of ether oxygens (including phenoxy) is 5. The molecule has 3 fully saturated rings. The molecule has 0 aliphatic carbocycles. The number of terminal acetylenes is 1. The minimum atomic E-state index is -1.79. The molecule has 266 valence electrons. The van der Waals surface area contributed by atoms with Crippen molar-refractivity contribution >= 4 is 11.8 Å². The molecular weight excluding hydrogens is 636 g/mol. The minimum Gasteiger partial charge on any atom is -0.394 e. The molecule has 0 saturated carbocycles. The van der Waals surface area contributed by atoms with Gasteiger partial charge < -0.3 is 80.9 Å². The van der Waals surface area contributed by atoms with Gasteiger partial charge in [-0.25, -0.2) is 0 Å². The second-order valence-corrected chi connectivity index (χ2v) is 11.1. The standard InChI is InChI=1S/C26H42N6O15/c1-2-3-4-13(35)30-17-22(41)23(11(8-34)46-25(17)43-9-12-19(38)20(39)15(27)24(42)44-12)47-26-16(31-14(36)5-6-29-32-28)21(40)18(37)10(7-33)45-26/h1,10-12,15-26,33-34,37-42H,3-9,27H2,(H,30,35)(H,31,36)/t10?,11?,12?,15?,16?,17-,18-,19-,20-,21?,22?,23+,24-,25?,26+/m1/s1. The van der Waals surface area contributed by atoms with E-state index in [1.165, 1.54) is 0 Å². The van der Waals surface area contributed by atoms with Crippen LogP contribution in [0.1, 0.15) is 19.3 Å². The summed E-state index contributed by atoms with van der Waals surface area (Å²) in [5.41, 5.74) is 14.1. The van der Waals surface area contributed by atoms with Crippen LogP contribution in [0.5, 0.6) is 0 Å². The summed E-state index contributed by atoms with van der Waals surface area (Å²) in [6.45, 7) is -2.44. The molecule has 47 heavy (non-hydrogen) atoms. The summed E-state index contributed by atoms with van der Waals surface area (Å²) in [6.07, 6.45) is -14.4. The normalized spacial score (nSPS) is 40.5. The van der Waals surface area contributed by atoms with Crippen LogP contribution in [0.15, 0.2) is 5.11 Å². The van der Waals surface area contributed by atoms with Crippen molar-refractivity contribution in [2.24, 2.45) is 10.8 Å². The molecule has 21 nitrogen and oxygen atoms in total. The van der Waals surface area contributed by atoms with Crippen LogP contribution >= 0.6 is 0 Å². The van der Waals surface area contributed by atoms with Gasteiger partial charge in [0, 0.05) is 30.7 Å². The zero-order valence-electron chi connectivity index (χ0n) is 25.0. The van der Waals surface area contributed by atoms with Crippen molar-refractivity contribution in [2.75, 3.05) is 26.4 Å². The van der Waals surface area contributed by atoms with Crippen LogP contribution < -0.4 is 16.4 Å². The van der Waals surface area contributed by atoms with Crippen LogP contribution in [0.4, 0.5) is 0 Å². The number of hydrogen-bond donors (Lipinski definition) is 11. The molecule has 12 N–H and O–H groups in total. The first-order valence-electron chi connectivity index (χ1n) is 14.7. The molecular formula is C26H42N6O15. The molecule has 3 heterocycles. The third kappa shape index (κ3) is 9.67. The van der Waals surface area contributed by atoms with Crippen LogP contribution in [-0.4, -0.2) is 171 Å². The first-order valence-corrected chi connectivity index (χ1v) is 14.7. The number of rotatable bonds is 14. The quantitative estimate of drug-likeness (QED) is 0.0352. The number of amides is 2. The van der Waals surface area contributed by atoms with Crippen LogP contribution in [0.2, 0.25) is 0 Å². The lowest BCUT2D eigenvalue weighted by Gasteiger charge is -2.48. The number of carbonyl (C=O) groups is 2. The predicted octanol–water partition coefficient (Wildman–Crippen LogP) is -6.24. The molecule has 0 radical (unpaired) electrons. The second kappa shape index (κ2) is 18.1. The van der Waals surface area contributed by atoms with Gasteiger partial charge in [0.1, 0.15) is 67.0 Å². The Morgan fingerprint density at radius 1 is 0.851 bits per heavy atom. The zero-order chi connectivity index (χ0) is 34.8. The smallest absolute Gasteiger partial charge is 0.221 e. The molecule has 21 heteroatoms. The van der Waals surface area contributed by atoms with Gasteiger partial charge in [0.25, 0.3) is 0 Å². The van der Waals surface area contributed by atoms with Crippen LogP contribution in [0.3, 0.4) is 0 Å². The highest BCUT2D eigenvalue weighted by Crippen LogP contribution is 2.30. The number of nitrogens with zero attached hydrogens (tertiary/aromatic N) is 3. The molecule has 0 aromatic rings. The fraction of sp³-hybridized carbons (Fsp3) is 0.846. The van der Waals surface area contributed by atoms with E-state index in [2.05, 4.69) is 26.6 Å². The molecule has 3 rings (SSSR count). The van der Waals surface area contributed by atoms with Crippen molar-refractivity contribution in [3.8, 4) is 12.3 Å². The van der Waals surface area contributed by atoms with E-state index < -0.39 is 124 Å². The first kappa shape index (κ1) is 38.7. The number of nitrogens with two attached hydrogens (primary N) is 1. The lowest BCUT2D eigenvalue weighted by molar-refractivity contribution is -0.337. The third-order valence-electron chi connectivity index (χ3n) is 7.87. The van der Waals surface area contributed by atoms with E-state index in [0.717, 1.165) is 0 Å². The molecule has 2 amide bonds. The molecule has 3 aliphatic rings. The lowest BCUT2D eigenvalue weighted by atomic mass is 9.94. The van der Waals surface area contributed by atoms with Gasteiger partial charge in [-0.2, -0.15) is 0 Å². The summed E-state index contributed by atoms with van der Waals surface area (Å²) < 4.78 is 28.2. The maximum Gasteiger partial charge on any atom is 0.221 e. The van der Waals surface area contributed by atoms with Gasteiger partial charge in [-0.3, -0.25) is 9.59 Å². The second-order valence-electron chi connectivity index (χ2n) is 11.1. The van der Waals surface area contributed by atoms with E-state index in [9.17, 15) is 50.4 Å². The Balaban J connectivity index is 1.85. The predicted molar refractivity (Wildman–Crippen MR) is 152 cm³/mol. The van der Waals surface area contributed by atoms with E-state index in [0.29, 0.717) is 0 Å². The Morgan fingerprint density at radius 3 is 2.06 bits per heavy atom. The van der Waals surface area contributed by atoms with Gasteiger partial charge in [0.05, 0.1) is 25.9 Å². The summed E-state index contributed by atoms with van der Waals surface area (Å²) in [4.78, 5) is 27.7. The van der Waals surface area contributed by atoms with Crippen molar-refractivity contribution in [1.82, 2.24) is 10.6 Å². The Hall–Kier alpha value is -2.75. The van der Waals surface area contributed by atoms with Gasteiger partial charge in [-0.05, 0) is 5.53 Å². The summed E-state index contributed by atoms with van der Waals surface area (Å²) in [5.74, 6) is 0.886. The fourth-order valence-corrected chi connectivity index (χ4v) is 5.23. The third-order valence-corrected chi connectivity index (χ3v) is 7.87. The number of carbonyl (C=O) groups excluding carboxylic acids is 2. The number of aliphatic hydroxyl groups excluding tert-OH is 8. The minimum absolute atomic E-state index is 0.0259. The van der Waals surface area contributed by atoms with Gasteiger partial charge in [0.2, 0.25) is 11.8 Å². The highest BCUT2D eigenvalue weighted by molar-refractivity contribution is 5.77. The first-order chi connectivity index (χ1) is 22.4. The van der Waals surface area contributed by atoms with Crippen LogP contribution in [0, 0.1) is 12.3 Å². The van der Waals surface area contributed by atoms with Crippen LogP contribution in [0.25, 0.3) is 10.4 Å². The molecule has 8 unspecified atom stereocenters. The average molecular weight is 679 g/mol. The number of azide groups is 1. The van der Waals surface area contributed by atoms with E-state index in [1.807, 2.05) is 0 Å². The topological polar surface area (TPSA) is 341 Å². The Bertz CT molecular complexity index is 1130. The summed E-state index contributed by atoms with van der Waals surface area (Å²) >= 11 is 0. The Morgan fingerprint density at radius 2 is 1.45 bits per heavy atom. The largest absolute Gasteiger partial charge is 0.394 e. The summed E-state index contributed by atoms with van der Waals surface area (Å²) in [5, 5.41) is 91.2. The maximum absolute atomic E-state index is 12.7. The van der Waals surface area contributed by atoms with Gasteiger partial charge in [-0.1, -0.05) is 5.11 Å². The molecule has 3 saturated heterocycles. The fourth-order valence-electron chi connectivity index (χ4n) is 5.23. The zero-order valence-corrected chi connectivity index (χ0v) is 25.0. The van der Waals surface area contributed by atoms with Gasteiger partial charge in [-0.15, -0.1) is 12.3 Å².